The Bertz CT molecular complexity index is 932. The molecule has 0 saturated heterocycles. The molecule has 0 aliphatic rings. The summed E-state index contributed by atoms with van der Waals surface area (Å²) in [5.74, 6) is -0.536. The zero-order valence-electron chi connectivity index (χ0n) is 18.1. The van der Waals surface area contributed by atoms with Crippen LogP contribution in [0.25, 0.3) is 0 Å². The van der Waals surface area contributed by atoms with Crippen LogP contribution in [0, 0.1) is 13.8 Å². The first-order valence-electron chi connectivity index (χ1n) is 9.74. The summed E-state index contributed by atoms with van der Waals surface area (Å²) in [7, 11) is 0. The molecule has 0 fully saturated rings. The van der Waals surface area contributed by atoms with E-state index in [4.69, 9.17) is 4.74 Å². The standard InChI is InChI=1S/C23H29N3O4/c1-15-9-10-18(11-16(15)2)21(28)24-13-17-7-6-8-19(12-17)26-20(27)14-25-22(29)30-23(3,4)5/h6-12H,13-14H2,1-5H3,(H,24,28)(H,25,29)(H,26,27). The highest BCUT2D eigenvalue weighted by molar-refractivity contribution is 5.95. The van der Waals surface area contributed by atoms with Crippen molar-refractivity contribution in [2.45, 2.75) is 46.8 Å². The third-order valence-electron chi connectivity index (χ3n) is 4.23. The second-order valence-corrected chi connectivity index (χ2v) is 8.09. The van der Waals surface area contributed by atoms with E-state index < -0.39 is 11.7 Å². The number of carbonyl (C=O) groups is 3. The molecule has 3 amide bonds. The third kappa shape index (κ3) is 7.58. The smallest absolute Gasteiger partial charge is 0.408 e. The number of aryl methyl sites for hydroxylation is 2. The predicted octanol–water partition coefficient (Wildman–Crippen LogP) is 3.70. The van der Waals surface area contributed by atoms with Gasteiger partial charge >= 0.3 is 6.09 Å². The summed E-state index contributed by atoms with van der Waals surface area (Å²) < 4.78 is 5.09. The molecule has 0 atom stereocenters. The minimum atomic E-state index is -0.652. The zero-order valence-corrected chi connectivity index (χ0v) is 18.1. The number of anilines is 1. The van der Waals surface area contributed by atoms with Gasteiger partial charge in [-0.1, -0.05) is 18.2 Å². The largest absolute Gasteiger partial charge is 0.444 e. The van der Waals surface area contributed by atoms with E-state index >= 15 is 0 Å². The summed E-state index contributed by atoms with van der Waals surface area (Å²) in [6.07, 6.45) is -0.652. The van der Waals surface area contributed by atoms with Gasteiger partial charge in [0.2, 0.25) is 5.91 Å². The van der Waals surface area contributed by atoms with E-state index in [0.717, 1.165) is 16.7 Å². The molecule has 2 aromatic rings. The number of alkyl carbamates (subject to hydrolysis) is 1. The highest BCUT2D eigenvalue weighted by atomic mass is 16.6. The van der Waals surface area contributed by atoms with Crippen LogP contribution in [-0.2, 0) is 16.1 Å². The molecule has 0 aliphatic carbocycles. The topological polar surface area (TPSA) is 96.5 Å². The van der Waals surface area contributed by atoms with Gasteiger partial charge in [-0.15, -0.1) is 0 Å². The lowest BCUT2D eigenvalue weighted by Crippen LogP contribution is -2.37. The number of hydrogen-bond donors (Lipinski definition) is 3. The van der Waals surface area contributed by atoms with Gasteiger partial charge in [0.25, 0.3) is 5.91 Å². The molecule has 0 bridgehead atoms. The Morgan fingerprint density at radius 2 is 1.67 bits per heavy atom. The van der Waals surface area contributed by atoms with Gasteiger partial charge in [0.05, 0.1) is 0 Å². The summed E-state index contributed by atoms with van der Waals surface area (Å²) in [6.45, 7) is 9.33. The van der Waals surface area contributed by atoms with Gasteiger partial charge in [0.1, 0.15) is 12.1 Å². The van der Waals surface area contributed by atoms with Crippen LogP contribution in [-0.4, -0.2) is 30.1 Å². The number of carbonyl (C=O) groups excluding carboxylic acids is 3. The molecule has 2 aromatic carbocycles. The molecule has 0 unspecified atom stereocenters. The Labute approximate surface area is 177 Å². The molecule has 0 saturated carbocycles. The summed E-state index contributed by atoms with van der Waals surface area (Å²) in [5, 5.41) is 8.00. The number of rotatable bonds is 6. The molecule has 3 N–H and O–H groups in total. The van der Waals surface area contributed by atoms with Gasteiger partial charge in [-0.05, 0) is 75.6 Å². The van der Waals surface area contributed by atoms with Crippen LogP contribution in [0.2, 0.25) is 0 Å². The van der Waals surface area contributed by atoms with Crippen LogP contribution >= 0.6 is 0 Å². The minimum Gasteiger partial charge on any atom is -0.444 e. The number of benzene rings is 2. The average molecular weight is 412 g/mol. The van der Waals surface area contributed by atoms with Crippen LogP contribution in [0.5, 0.6) is 0 Å². The van der Waals surface area contributed by atoms with E-state index in [1.165, 1.54) is 0 Å². The van der Waals surface area contributed by atoms with Crippen molar-refractivity contribution in [1.82, 2.24) is 10.6 Å². The fraction of sp³-hybridized carbons (Fsp3) is 0.348. The number of hydrogen-bond acceptors (Lipinski definition) is 4. The molecule has 30 heavy (non-hydrogen) atoms. The Morgan fingerprint density at radius 3 is 2.33 bits per heavy atom. The maximum absolute atomic E-state index is 12.4. The molecule has 7 nitrogen and oxygen atoms in total. The maximum atomic E-state index is 12.4. The Hall–Kier alpha value is -3.35. The molecule has 0 aliphatic heterocycles. The van der Waals surface area contributed by atoms with E-state index in [-0.39, 0.29) is 18.4 Å². The van der Waals surface area contributed by atoms with Crippen molar-refractivity contribution in [2.24, 2.45) is 0 Å². The van der Waals surface area contributed by atoms with E-state index in [1.54, 1.807) is 45.0 Å². The first-order chi connectivity index (χ1) is 14.0. The molecule has 7 heteroatoms. The van der Waals surface area contributed by atoms with Gasteiger partial charge in [-0.25, -0.2) is 4.79 Å². The molecule has 0 spiro atoms. The van der Waals surface area contributed by atoms with Gasteiger partial charge in [-0.2, -0.15) is 0 Å². The lowest BCUT2D eigenvalue weighted by molar-refractivity contribution is -0.115. The summed E-state index contributed by atoms with van der Waals surface area (Å²) in [4.78, 5) is 36.0. The monoisotopic (exact) mass is 411 g/mol. The quantitative estimate of drug-likeness (QED) is 0.675. The average Bonchev–Trinajstić information content (AvgIpc) is 2.65. The molecule has 160 valence electrons. The second kappa shape index (κ2) is 9.91. The van der Waals surface area contributed by atoms with Crippen molar-refractivity contribution >= 4 is 23.6 Å². The van der Waals surface area contributed by atoms with E-state index in [1.807, 2.05) is 32.0 Å². The first-order valence-corrected chi connectivity index (χ1v) is 9.74. The molecule has 0 heterocycles. The lowest BCUT2D eigenvalue weighted by atomic mass is 10.1. The number of amides is 3. The van der Waals surface area contributed by atoms with Crippen LogP contribution in [0.1, 0.15) is 47.8 Å². The zero-order chi connectivity index (χ0) is 22.3. The van der Waals surface area contributed by atoms with E-state index in [2.05, 4.69) is 16.0 Å². The van der Waals surface area contributed by atoms with Crippen molar-refractivity contribution in [1.29, 1.82) is 0 Å². The van der Waals surface area contributed by atoms with Crippen molar-refractivity contribution in [3.05, 3.63) is 64.7 Å². The van der Waals surface area contributed by atoms with Gasteiger partial charge in [0.15, 0.2) is 0 Å². The highest BCUT2D eigenvalue weighted by Crippen LogP contribution is 2.12. The van der Waals surface area contributed by atoms with Crippen molar-refractivity contribution < 1.29 is 19.1 Å². The first kappa shape index (κ1) is 22.9. The molecular weight excluding hydrogens is 382 g/mol. The Kier molecular flexibility index (Phi) is 7.58. The summed E-state index contributed by atoms with van der Waals surface area (Å²) in [6, 6.07) is 12.7. The fourth-order valence-electron chi connectivity index (χ4n) is 2.60. The van der Waals surface area contributed by atoms with Crippen LogP contribution in [0.4, 0.5) is 10.5 Å². The van der Waals surface area contributed by atoms with Crippen LogP contribution in [0.15, 0.2) is 42.5 Å². The minimum absolute atomic E-state index is 0.158. The van der Waals surface area contributed by atoms with Crippen LogP contribution in [0.3, 0.4) is 0 Å². The molecule has 0 aromatic heterocycles. The summed E-state index contributed by atoms with van der Waals surface area (Å²) in [5.41, 5.74) is 3.59. The second-order valence-electron chi connectivity index (χ2n) is 8.09. The Balaban J connectivity index is 1.86. The highest BCUT2D eigenvalue weighted by Gasteiger charge is 2.16. The molecule has 2 rings (SSSR count). The maximum Gasteiger partial charge on any atom is 0.408 e. The van der Waals surface area contributed by atoms with Crippen molar-refractivity contribution in [3.63, 3.8) is 0 Å². The van der Waals surface area contributed by atoms with E-state index in [9.17, 15) is 14.4 Å². The predicted molar refractivity (Wildman–Crippen MR) is 116 cm³/mol. The number of nitrogens with one attached hydrogen (secondary N) is 3. The van der Waals surface area contributed by atoms with Crippen LogP contribution < -0.4 is 16.0 Å². The lowest BCUT2D eigenvalue weighted by Gasteiger charge is -2.19. The molecular formula is C23H29N3O4. The van der Waals surface area contributed by atoms with Gasteiger partial charge < -0.3 is 20.7 Å². The van der Waals surface area contributed by atoms with Gasteiger partial charge in [-0.3, -0.25) is 9.59 Å². The third-order valence-corrected chi connectivity index (χ3v) is 4.23. The van der Waals surface area contributed by atoms with Crippen molar-refractivity contribution in [2.75, 3.05) is 11.9 Å². The normalized spacial score (nSPS) is 10.8. The van der Waals surface area contributed by atoms with Crippen molar-refractivity contribution in [3.8, 4) is 0 Å². The molecule has 0 radical (unpaired) electrons. The van der Waals surface area contributed by atoms with Gasteiger partial charge in [0, 0.05) is 17.8 Å². The Morgan fingerprint density at radius 1 is 0.933 bits per heavy atom. The van der Waals surface area contributed by atoms with E-state index in [0.29, 0.717) is 17.8 Å². The SMILES string of the molecule is Cc1ccc(C(=O)NCc2cccc(NC(=O)CNC(=O)OC(C)(C)C)c2)cc1C. The fourth-order valence-corrected chi connectivity index (χ4v) is 2.60. The summed E-state index contributed by atoms with van der Waals surface area (Å²) >= 11 is 0. The number of ether oxygens (including phenoxy) is 1.